The SMILES string of the molecule is CCc1cccc(O)c1.C[C@]12CCCCC1CCC2O. The van der Waals surface area contributed by atoms with Gasteiger partial charge in [0.15, 0.2) is 0 Å². The second-order valence-corrected chi connectivity index (χ2v) is 6.57. The fourth-order valence-electron chi connectivity index (χ4n) is 3.81. The van der Waals surface area contributed by atoms with Gasteiger partial charge in [-0.2, -0.15) is 0 Å². The minimum Gasteiger partial charge on any atom is -0.508 e. The maximum atomic E-state index is 9.78. The van der Waals surface area contributed by atoms with Gasteiger partial charge in [0.2, 0.25) is 0 Å². The summed E-state index contributed by atoms with van der Waals surface area (Å²) in [6.45, 7) is 4.35. The van der Waals surface area contributed by atoms with Crippen LogP contribution in [0.5, 0.6) is 5.75 Å². The summed E-state index contributed by atoms with van der Waals surface area (Å²) in [4.78, 5) is 0. The third-order valence-electron chi connectivity index (χ3n) is 5.32. The molecule has 2 aliphatic carbocycles. The standard InChI is InChI=1S/C10H18O.C8H10O/c1-10-7-3-2-4-8(10)5-6-9(10)11;1-2-7-4-3-5-8(9)6-7/h8-9,11H,2-7H2,1H3;3-6,9H,2H2,1H3/t8?,9?,10-;/m0./s1. The van der Waals surface area contributed by atoms with E-state index in [-0.39, 0.29) is 6.10 Å². The van der Waals surface area contributed by atoms with Gasteiger partial charge in [-0.1, -0.05) is 38.8 Å². The molecular weight excluding hydrogens is 248 g/mol. The number of phenols is 1. The van der Waals surface area contributed by atoms with E-state index in [9.17, 15) is 5.11 Å². The topological polar surface area (TPSA) is 40.5 Å². The molecule has 2 unspecified atom stereocenters. The van der Waals surface area contributed by atoms with Gasteiger partial charge in [-0.15, -0.1) is 0 Å². The van der Waals surface area contributed by atoms with Crippen LogP contribution < -0.4 is 0 Å². The number of hydrogen-bond donors (Lipinski definition) is 2. The normalized spacial score (nSPS) is 32.1. The van der Waals surface area contributed by atoms with E-state index >= 15 is 0 Å². The molecule has 2 nitrogen and oxygen atoms in total. The molecule has 1 aromatic carbocycles. The Morgan fingerprint density at radius 1 is 1.20 bits per heavy atom. The van der Waals surface area contributed by atoms with Gasteiger partial charge in [-0.3, -0.25) is 0 Å². The molecule has 20 heavy (non-hydrogen) atoms. The Balaban J connectivity index is 0.000000151. The van der Waals surface area contributed by atoms with E-state index in [4.69, 9.17) is 5.11 Å². The van der Waals surface area contributed by atoms with E-state index in [1.165, 1.54) is 37.7 Å². The van der Waals surface area contributed by atoms with Crippen molar-refractivity contribution in [2.75, 3.05) is 0 Å². The Morgan fingerprint density at radius 2 is 2.00 bits per heavy atom. The second kappa shape index (κ2) is 6.62. The number of hydrogen-bond acceptors (Lipinski definition) is 2. The molecule has 1 aromatic rings. The molecular formula is C18H28O2. The maximum absolute atomic E-state index is 9.78. The first-order valence-corrected chi connectivity index (χ1v) is 8.02. The lowest BCUT2D eigenvalue weighted by atomic mass is 9.69. The molecule has 2 heteroatoms. The van der Waals surface area contributed by atoms with Gasteiger partial charge in [-0.25, -0.2) is 0 Å². The molecule has 0 saturated heterocycles. The number of aliphatic hydroxyl groups excluding tert-OH is 1. The Kier molecular flexibility index (Phi) is 5.09. The van der Waals surface area contributed by atoms with Crippen LogP contribution in [0.4, 0.5) is 0 Å². The average Bonchev–Trinajstić information content (AvgIpc) is 2.76. The van der Waals surface area contributed by atoms with E-state index in [2.05, 4.69) is 13.8 Å². The molecule has 3 atom stereocenters. The summed E-state index contributed by atoms with van der Waals surface area (Å²) < 4.78 is 0. The Hall–Kier alpha value is -1.02. The van der Waals surface area contributed by atoms with Crippen LogP contribution in [0.1, 0.15) is 57.9 Å². The molecule has 0 spiro atoms. The van der Waals surface area contributed by atoms with Crippen LogP contribution in [0.3, 0.4) is 0 Å². The van der Waals surface area contributed by atoms with Crippen molar-refractivity contribution in [3.63, 3.8) is 0 Å². The van der Waals surface area contributed by atoms with Gasteiger partial charge in [0.1, 0.15) is 5.75 Å². The quantitative estimate of drug-likeness (QED) is 0.803. The summed E-state index contributed by atoms with van der Waals surface area (Å²) in [5, 5.41) is 18.7. The average molecular weight is 276 g/mol. The van der Waals surface area contributed by atoms with Crippen molar-refractivity contribution in [2.24, 2.45) is 11.3 Å². The molecule has 0 bridgehead atoms. The predicted molar refractivity (Wildman–Crippen MR) is 82.8 cm³/mol. The van der Waals surface area contributed by atoms with Crippen molar-refractivity contribution in [3.8, 4) is 5.75 Å². The molecule has 2 N–H and O–H groups in total. The Morgan fingerprint density at radius 3 is 2.60 bits per heavy atom. The minimum atomic E-state index is 0.00722. The van der Waals surface area contributed by atoms with Crippen molar-refractivity contribution >= 4 is 0 Å². The van der Waals surface area contributed by atoms with Gasteiger partial charge >= 0.3 is 0 Å². The van der Waals surface area contributed by atoms with Gasteiger partial charge in [0.05, 0.1) is 6.10 Å². The molecule has 0 amide bonds. The number of aliphatic hydroxyl groups is 1. The largest absolute Gasteiger partial charge is 0.508 e. The zero-order chi connectivity index (χ0) is 14.6. The van der Waals surface area contributed by atoms with E-state index in [0.717, 1.165) is 18.8 Å². The van der Waals surface area contributed by atoms with Crippen molar-refractivity contribution in [1.82, 2.24) is 0 Å². The first-order chi connectivity index (χ1) is 9.56. The van der Waals surface area contributed by atoms with Crippen LogP contribution in [0, 0.1) is 11.3 Å². The fraction of sp³-hybridized carbons (Fsp3) is 0.667. The highest BCUT2D eigenvalue weighted by Gasteiger charge is 2.46. The van der Waals surface area contributed by atoms with Gasteiger partial charge < -0.3 is 10.2 Å². The number of fused-ring (bicyclic) bond motifs is 1. The predicted octanol–water partition coefficient (Wildman–Crippen LogP) is 4.29. The monoisotopic (exact) mass is 276 g/mol. The molecule has 3 rings (SSSR count). The summed E-state index contributed by atoms with van der Waals surface area (Å²) in [5.74, 6) is 1.20. The third-order valence-corrected chi connectivity index (χ3v) is 5.32. The number of phenolic OH excluding ortho intramolecular Hbond substituents is 1. The van der Waals surface area contributed by atoms with Crippen molar-refractivity contribution < 1.29 is 10.2 Å². The zero-order valence-electron chi connectivity index (χ0n) is 12.8. The Labute approximate surface area is 122 Å². The summed E-state index contributed by atoms with van der Waals surface area (Å²) in [7, 11) is 0. The number of benzene rings is 1. The lowest BCUT2D eigenvalue weighted by Gasteiger charge is -2.38. The molecule has 2 aliphatic rings. The van der Waals surface area contributed by atoms with E-state index in [1.54, 1.807) is 12.1 Å². The summed E-state index contributed by atoms with van der Waals surface area (Å²) in [6.07, 6.45) is 8.68. The summed E-state index contributed by atoms with van der Waals surface area (Å²) in [6, 6.07) is 7.31. The van der Waals surface area contributed by atoms with Crippen molar-refractivity contribution in [2.45, 2.75) is 64.9 Å². The lowest BCUT2D eigenvalue weighted by Crippen LogP contribution is -2.34. The van der Waals surface area contributed by atoms with E-state index < -0.39 is 0 Å². The zero-order valence-corrected chi connectivity index (χ0v) is 12.8. The minimum absolute atomic E-state index is 0.00722. The van der Waals surface area contributed by atoms with Crippen LogP contribution >= 0.6 is 0 Å². The number of aromatic hydroxyl groups is 1. The Bertz CT molecular complexity index is 427. The first kappa shape index (κ1) is 15.4. The molecule has 0 heterocycles. The second-order valence-electron chi connectivity index (χ2n) is 6.57. The highest BCUT2D eigenvalue weighted by molar-refractivity contribution is 5.26. The van der Waals surface area contributed by atoms with Crippen LogP contribution in [0.2, 0.25) is 0 Å². The molecule has 112 valence electrons. The van der Waals surface area contributed by atoms with Crippen LogP contribution in [0.25, 0.3) is 0 Å². The molecule has 2 fully saturated rings. The smallest absolute Gasteiger partial charge is 0.115 e. The first-order valence-electron chi connectivity index (χ1n) is 8.02. The molecule has 0 radical (unpaired) electrons. The third kappa shape index (κ3) is 3.35. The van der Waals surface area contributed by atoms with E-state index in [0.29, 0.717) is 11.2 Å². The van der Waals surface area contributed by atoms with Crippen LogP contribution in [0.15, 0.2) is 24.3 Å². The van der Waals surface area contributed by atoms with Crippen molar-refractivity contribution in [1.29, 1.82) is 0 Å². The van der Waals surface area contributed by atoms with Crippen LogP contribution in [-0.2, 0) is 6.42 Å². The van der Waals surface area contributed by atoms with Crippen molar-refractivity contribution in [3.05, 3.63) is 29.8 Å². The number of aryl methyl sites for hydroxylation is 1. The highest BCUT2D eigenvalue weighted by atomic mass is 16.3. The molecule has 0 aromatic heterocycles. The van der Waals surface area contributed by atoms with Gasteiger partial charge in [-0.05, 0) is 61.1 Å². The highest BCUT2D eigenvalue weighted by Crippen LogP contribution is 2.51. The number of rotatable bonds is 1. The van der Waals surface area contributed by atoms with Gasteiger partial charge in [0, 0.05) is 0 Å². The fourth-order valence-corrected chi connectivity index (χ4v) is 3.81. The molecule has 0 aliphatic heterocycles. The lowest BCUT2D eigenvalue weighted by molar-refractivity contribution is 0.0138. The summed E-state index contributed by atoms with van der Waals surface area (Å²) in [5.41, 5.74) is 1.48. The molecule has 2 saturated carbocycles. The van der Waals surface area contributed by atoms with Crippen LogP contribution in [-0.4, -0.2) is 16.3 Å². The summed E-state index contributed by atoms with van der Waals surface area (Å²) >= 11 is 0. The maximum Gasteiger partial charge on any atom is 0.115 e. The van der Waals surface area contributed by atoms with E-state index in [1.807, 2.05) is 12.1 Å². The van der Waals surface area contributed by atoms with Gasteiger partial charge in [0.25, 0.3) is 0 Å².